The molecule has 0 bridgehead atoms. The second kappa shape index (κ2) is 7.31. The van der Waals surface area contributed by atoms with Gasteiger partial charge in [-0.05, 0) is 48.9 Å². The van der Waals surface area contributed by atoms with Crippen molar-refractivity contribution in [2.75, 3.05) is 5.32 Å². The Labute approximate surface area is 136 Å². The zero-order valence-corrected chi connectivity index (χ0v) is 13.2. The van der Waals surface area contributed by atoms with Gasteiger partial charge in [-0.1, -0.05) is 22.0 Å². The molecule has 0 aliphatic heterocycles. The van der Waals surface area contributed by atoms with Crippen LogP contribution in [-0.2, 0) is 4.79 Å². The quantitative estimate of drug-likeness (QED) is 0.740. The van der Waals surface area contributed by atoms with Crippen molar-refractivity contribution in [1.29, 1.82) is 0 Å². The van der Waals surface area contributed by atoms with Gasteiger partial charge in [0.1, 0.15) is 11.6 Å². The van der Waals surface area contributed by atoms with Crippen LogP contribution in [0.5, 0.6) is 0 Å². The lowest BCUT2D eigenvalue weighted by molar-refractivity contribution is -0.117. The fourth-order valence-electron chi connectivity index (χ4n) is 2.09. The summed E-state index contributed by atoms with van der Waals surface area (Å²) in [7, 11) is 0. The number of hydrogen-bond acceptors (Lipinski definition) is 1. The Hall–Kier alpha value is -2.01. The molecule has 2 nitrogen and oxygen atoms in total. The maximum absolute atomic E-state index is 13.9. The second-order valence-corrected chi connectivity index (χ2v) is 5.65. The number of halogens is 3. The van der Waals surface area contributed by atoms with Crippen molar-refractivity contribution >= 4 is 27.5 Å². The lowest BCUT2D eigenvalue weighted by Gasteiger charge is -2.16. The molecule has 2 rings (SSSR count). The van der Waals surface area contributed by atoms with Crippen molar-refractivity contribution in [3.05, 3.63) is 76.8 Å². The van der Waals surface area contributed by atoms with Gasteiger partial charge in [-0.25, -0.2) is 8.78 Å². The third-order valence-corrected chi connectivity index (χ3v) is 3.69. The van der Waals surface area contributed by atoms with Gasteiger partial charge in [-0.3, -0.25) is 4.79 Å². The number of allylic oxidation sites excluding steroid dienone is 1. The summed E-state index contributed by atoms with van der Waals surface area (Å²) in [4.78, 5) is 12.4. The molecule has 0 aliphatic rings. The Morgan fingerprint density at radius 3 is 2.55 bits per heavy atom. The predicted molar refractivity (Wildman–Crippen MR) is 86.7 cm³/mol. The van der Waals surface area contributed by atoms with Gasteiger partial charge >= 0.3 is 0 Å². The number of carbonyl (C=O) groups excluding carboxylic acids is 1. The van der Waals surface area contributed by atoms with Gasteiger partial charge in [-0.15, -0.1) is 6.58 Å². The average molecular weight is 366 g/mol. The van der Waals surface area contributed by atoms with Crippen LogP contribution in [0.4, 0.5) is 14.5 Å². The second-order valence-electron chi connectivity index (χ2n) is 4.74. The van der Waals surface area contributed by atoms with Gasteiger partial charge in [0.2, 0.25) is 5.91 Å². The smallest absolute Gasteiger partial charge is 0.232 e. The van der Waals surface area contributed by atoms with Crippen LogP contribution in [0.25, 0.3) is 0 Å². The fourth-order valence-corrected chi connectivity index (χ4v) is 2.35. The number of anilines is 1. The molecule has 1 amide bonds. The summed E-state index contributed by atoms with van der Waals surface area (Å²) in [6.07, 6.45) is 1.72. The topological polar surface area (TPSA) is 29.1 Å². The van der Waals surface area contributed by atoms with E-state index >= 15 is 0 Å². The number of benzene rings is 2. The summed E-state index contributed by atoms with van der Waals surface area (Å²) < 4.78 is 28.1. The Morgan fingerprint density at radius 1 is 1.23 bits per heavy atom. The van der Waals surface area contributed by atoms with Crippen LogP contribution in [0.15, 0.2) is 59.6 Å². The number of carbonyl (C=O) groups is 1. The minimum absolute atomic E-state index is 0.0227. The summed E-state index contributed by atoms with van der Waals surface area (Å²) in [5, 5.41) is 2.70. The Bertz CT molecular complexity index is 686. The van der Waals surface area contributed by atoms with E-state index < -0.39 is 23.5 Å². The Morgan fingerprint density at radius 2 is 1.91 bits per heavy atom. The summed E-state index contributed by atoms with van der Waals surface area (Å²) in [6, 6.07) is 10.1. The largest absolute Gasteiger partial charge is 0.326 e. The van der Waals surface area contributed by atoms with Crippen LogP contribution in [-0.4, -0.2) is 5.91 Å². The molecule has 0 radical (unpaired) electrons. The molecular formula is C17H14BrF2NO. The van der Waals surface area contributed by atoms with E-state index in [0.29, 0.717) is 5.69 Å². The summed E-state index contributed by atoms with van der Waals surface area (Å²) in [6.45, 7) is 3.58. The summed E-state index contributed by atoms with van der Waals surface area (Å²) in [5.74, 6) is -2.44. The molecular weight excluding hydrogens is 352 g/mol. The van der Waals surface area contributed by atoms with Crippen molar-refractivity contribution in [3.63, 3.8) is 0 Å². The normalized spacial score (nSPS) is 11.8. The highest BCUT2D eigenvalue weighted by Gasteiger charge is 2.23. The molecule has 22 heavy (non-hydrogen) atoms. The molecule has 0 aromatic heterocycles. The first-order valence-electron chi connectivity index (χ1n) is 6.63. The molecule has 1 N–H and O–H groups in total. The van der Waals surface area contributed by atoms with Crippen molar-refractivity contribution in [2.24, 2.45) is 0 Å². The van der Waals surface area contributed by atoms with E-state index in [-0.39, 0.29) is 12.0 Å². The minimum Gasteiger partial charge on any atom is -0.326 e. The van der Waals surface area contributed by atoms with Crippen LogP contribution in [0.3, 0.4) is 0 Å². The van der Waals surface area contributed by atoms with E-state index in [2.05, 4.69) is 27.8 Å². The average Bonchev–Trinajstić information content (AvgIpc) is 2.50. The number of amides is 1. The summed E-state index contributed by atoms with van der Waals surface area (Å²) in [5.41, 5.74) is 0.605. The molecule has 2 aromatic carbocycles. The van der Waals surface area contributed by atoms with Gasteiger partial charge in [-0.2, -0.15) is 0 Å². The molecule has 1 atom stereocenters. The van der Waals surface area contributed by atoms with Crippen molar-refractivity contribution in [1.82, 2.24) is 0 Å². The molecule has 1 unspecified atom stereocenters. The lowest BCUT2D eigenvalue weighted by Crippen LogP contribution is -2.22. The van der Waals surface area contributed by atoms with E-state index in [4.69, 9.17) is 0 Å². The molecule has 0 aliphatic carbocycles. The van der Waals surface area contributed by atoms with Crippen LogP contribution in [0, 0.1) is 11.6 Å². The SMILES string of the molecule is C=CCC(C(=O)Nc1ccc(Br)cc1)c1cc(F)ccc1F. The molecule has 0 heterocycles. The highest BCUT2D eigenvalue weighted by molar-refractivity contribution is 9.10. The van der Waals surface area contributed by atoms with Crippen molar-refractivity contribution < 1.29 is 13.6 Å². The fraction of sp³-hybridized carbons (Fsp3) is 0.118. The highest BCUT2D eigenvalue weighted by atomic mass is 79.9. The van der Waals surface area contributed by atoms with Gasteiger partial charge in [0.25, 0.3) is 0 Å². The Kier molecular flexibility index (Phi) is 5.44. The van der Waals surface area contributed by atoms with Crippen molar-refractivity contribution in [2.45, 2.75) is 12.3 Å². The van der Waals surface area contributed by atoms with Gasteiger partial charge < -0.3 is 5.32 Å². The zero-order chi connectivity index (χ0) is 16.1. The van der Waals surface area contributed by atoms with Gasteiger partial charge in [0.05, 0.1) is 5.92 Å². The molecule has 114 valence electrons. The van der Waals surface area contributed by atoms with Gasteiger partial charge in [0.15, 0.2) is 0 Å². The summed E-state index contributed by atoms with van der Waals surface area (Å²) >= 11 is 3.30. The number of hydrogen-bond donors (Lipinski definition) is 1. The maximum Gasteiger partial charge on any atom is 0.232 e. The number of nitrogens with one attached hydrogen (secondary N) is 1. The molecule has 0 saturated carbocycles. The van der Waals surface area contributed by atoms with Gasteiger partial charge in [0, 0.05) is 15.7 Å². The Balaban J connectivity index is 2.26. The van der Waals surface area contributed by atoms with Crippen LogP contribution in [0.2, 0.25) is 0 Å². The maximum atomic E-state index is 13.9. The van der Waals surface area contributed by atoms with Crippen molar-refractivity contribution in [3.8, 4) is 0 Å². The van der Waals surface area contributed by atoms with E-state index in [1.54, 1.807) is 24.3 Å². The first kappa shape index (κ1) is 16.4. The van der Waals surface area contributed by atoms with E-state index in [1.807, 2.05) is 0 Å². The highest BCUT2D eigenvalue weighted by Crippen LogP contribution is 2.26. The van der Waals surface area contributed by atoms with Crippen LogP contribution >= 0.6 is 15.9 Å². The molecule has 2 aromatic rings. The van der Waals surface area contributed by atoms with E-state index in [1.165, 1.54) is 6.08 Å². The molecule has 0 fully saturated rings. The predicted octanol–water partition coefficient (Wildman–Crippen LogP) is 5.03. The van der Waals surface area contributed by atoms with Crippen LogP contribution < -0.4 is 5.32 Å². The third-order valence-electron chi connectivity index (χ3n) is 3.16. The molecule has 0 saturated heterocycles. The first-order valence-corrected chi connectivity index (χ1v) is 7.43. The zero-order valence-electron chi connectivity index (χ0n) is 11.7. The molecule has 5 heteroatoms. The monoisotopic (exact) mass is 365 g/mol. The standard InChI is InChI=1S/C17H14BrF2NO/c1-2-3-14(15-10-12(19)6-9-16(15)20)17(22)21-13-7-4-11(18)5-8-13/h2,4-10,14H,1,3H2,(H,21,22). The first-order chi connectivity index (χ1) is 10.5. The minimum atomic E-state index is -0.836. The van der Waals surface area contributed by atoms with E-state index in [9.17, 15) is 13.6 Å². The molecule has 0 spiro atoms. The number of rotatable bonds is 5. The van der Waals surface area contributed by atoms with E-state index in [0.717, 1.165) is 22.7 Å². The third kappa shape index (κ3) is 4.01. The van der Waals surface area contributed by atoms with Crippen LogP contribution in [0.1, 0.15) is 17.9 Å². The lowest BCUT2D eigenvalue weighted by atomic mass is 9.94.